The van der Waals surface area contributed by atoms with Gasteiger partial charge in [0, 0.05) is 16.7 Å². The molecule has 0 spiro atoms. The van der Waals surface area contributed by atoms with E-state index >= 15 is 0 Å². The molecule has 3 heterocycles. The second kappa shape index (κ2) is 9.46. The molecule has 1 atom stereocenters. The lowest BCUT2D eigenvalue weighted by Gasteiger charge is -2.12. The van der Waals surface area contributed by atoms with Crippen LogP contribution in [0.15, 0.2) is 59.2 Å². The van der Waals surface area contributed by atoms with E-state index in [9.17, 15) is 5.11 Å². The highest BCUT2D eigenvalue weighted by atomic mass is 32.2. The first-order chi connectivity index (χ1) is 15.7. The molecule has 8 heteroatoms. The van der Waals surface area contributed by atoms with E-state index < -0.39 is 6.10 Å². The van der Waals surface area contributed by atoms with E-state index in [-0.39, 0.29) is 13.4 Å². The molecule has 32 heavy (non-hydrogen) atoms. The van der Waals surface area contributed by atoms with Crippen LogP contribution in [0.3, 0.4) is 0 Å². The number of benzene rings is 2. The van der Waals surface area contributed by atoms with E-state index in [2.05, 4.69) is 46.5 Å². The Morgan fingerprint density at radius 1 is 1.12 bits per heavy atom. The predicted molar refractivity (Wildman–Crippen MR) is 127 cm³/mol. The predicted octanol–water partition coefficient (Wildman–Crippen LogP) is 5.07. The van der Waals surface area contributed by atoms with Gasteiger partial charge in [0.25, 0.3) is 0 Å². The zero-order valence-electron chi connectivity index (χ0n) is 17.5. The molecule has 1 aliphatic heterocycles. The van der Waals surface area contributed by atoms with Crippen LogP contribution in [0.4, 0.5) is 0 Å². The largest absolute Gasteiger partial charge is 0.454 e. The monoisotopic (exact) mass is 466 g/mol. The molecular formula is C24H22N2O4S2. The lowest BCUT2D eigenvalue weighted by atomic mass is 10.1. The lowest BCUT2D eigenvalue weighted by molar-refractivity contribution is 0.0397. The quantitative estimate of drug-likeness (QED) is 0.287. The van der Waals surface area contributed by atoms with Gasteiger partial charge in [-0.3, -0.25) is 0 Å². The van der Waals surface area contributed by atoms with Crippen LogP contribution >= 0.6 is 23.1 Å². The summed E-state index contributed by atoms with van der Waals surface area (Å²) in [6.45, 7) is 2.97. The molecule has 0 bridgehead atoms. The number of rotatable bonds is 8. The molecule has 5 rings (SSSR count). The normalized spacial score (nSPS) is 13.6. The molecule has 0 radical (unpaired) electrons. The topological polar surface area (TPSA) is 73.7 Å². The first-order valence-electron chi connectivity index (χ1n) is 10.2. The molecule has 0 saturated carbocycles. The third-order valence-corrected chi connectivity index (χ3v) is 7.15. The summed E-state index contributed by atoms with van der Waals surface area (Å²) in [6.07, 6.45) is 0.975. The van der Waals surface area contributed by atoms with Crippen molar-refractivity contribution in [3.8, 4) is 22.6 Å². The second-order valence-electron chi connectivity index (χ2n) is 7.54. The van der Waals surface area contributed by atoms with Gasteiger partial charge in [0.2, 0.25) is 6.79 Å². The number of hydrogen-bond donors (Lipinski definition) is 1. The van der Waals surface area contributed by atoms with Gasteiger partial charge in [-0.15, -0.1) is 23.1 Å². The fraction of sp³-hybridized carbons (Fsp3) is 0.250. The van der Waals surface area contributed by atoms with Crippen molar-refractivity contribution in [2.75, 3.05) is 19.2 Å². The maximum atomic E-state index is 10.5. The van der Waals surface area contributed by atoms with Crippen LogP contribution in [0.5, 0.6) is 11.5 Å². The summed E-state index contributed by atoms with van der Waals surface area (Å²) in [4.78, 5) is 9.88. The van der Waals surface area contributed by atoms with Crippen molar-refractivity contribution >= 4 is 33.3 Å². The second-order valence-corrected chi connectivity index (χ2v) is 9.41. The van der Waals surface area contributed by atoms with Gasteiger partial charge < -0.3 is 19.3 Å². The van der Waals surface area contributed by atoms with E-state index in [1.807, 2.05) is 18.2 Å². The third-order valence-electron chi connectivity index (χ3n) is 5.13. The number of ether oxygens (including phenoxy) is 3. The minimum Gasteiger partial charge on any atom is -0.454 e. The van der Waals surface area contributed by atoms with Gasteiger partial charge in [-0.2, -0.15) is 0 Å². The van der Waals surface area contributed by atoms with Crippen molar-refractivity contribution < 1.29 is 19.3 Å². The number of aryl methyl sites for hydroxylation is 1. The molecule has 1 aliphatic rings. The molecule has 2 aromatic carbocycles. The van der Waals surface area contributed by atoms with Crippen LogP contribution in [0, 0.1) is 6.92 Å². The minimum absolute atomic E-state index is 0.240. The SMILES string of the molecule is Cc1ccc(-c2csc3ncnc(SC[C@H](O)COCc4ccc5c(c4)OCO5)c23)cc1. The van der Waals surface area contributed by atoms with Crippen molar-refractivity contribution in [2.24, 2.45) is 0 Å². The number of hydrogen-bond acceptors (Lipinski definition) is 8. The minimum atomic E-state index is -0.611. The first-order valence-corrected chi connectivity index (χ1v) is 12.1. The standard InChI is InChI=1S/C24H22N2O4S2/c1-15-2-5-17(6-3-15)19-12-32-24-22(19)23(25-13-26-24)31-11-18(27)10-28-9-16-4-7-20-21(8-16)30-14-29-20/h2-8,12-13,18,27H,9-11,14H2,1H3/t18-/m1/s1. The van der Waals surface area contributed by atoms with Gasteiger partial charge in [0.1, 0.15) is 16.2 Å². The fourth-order valence-corrected chi connectivity index (χ4v) is 5.37. The molecule has 0 saturated heterocycles. The molecule has 2 aromatic heterocycles. The highest BCUT2D eigenvalue weighted by Crippen LogP contribution is 2.38. The fourth-order valence-electron chi connectivity index (χ4n) is 3.47. The van der Waals surface area contributed by atoms with Gasteiger partial charge >= 0.3 is 0 Å². The molecular weight excluding hydrogens is 444 g/mol. The molecule has 0 amide bonds. The Labute approximate surface area is 194 Å². The number of thioether (sulfide) groups is 1. The number of aromatic nitrogens is 2. The molecule has 4 aromatic rings. The summed E-state index contributed by atoms with van der Waals surface area (Å²) < 4.78 is 16.4. The maximum Gasteiger partial charge on any atom is 0.231 e. The van der Waals surface area contributed by atoms with Gasteiger partial charge in [0.15, 0.2) is 11.5 Å². The summed E-state index contributed by atoms with van der Waals surface area (Å²) in [5.74, 6) is 1.96. The van der Waals surface area contributed by atoms with Gasteiger partial charge in [-0.05, 0) is 30.2 Å². The Kier molecular flexibility index (Phi) is 6.27. The molecule has 0 aliphatic carbocycles. The highest BCUT2D eigenvalue weighted by Gasteiger charge is 2.16. The number of thiophene rings is 1. The summed E-state index contributed by atoms with van der Waals surface area (Å²) in [5.41, 5.74) is 4.48. The summed E-state index contributed by atoms with van der Waals surface area (Å²) in [6, 6.07) is 14.2. The van der Waals surface area contributed by atoms with Crippen LogP contribution < -0.4 is 9.47 Å². The molecule has 1 N–H and O–H groups in total. The van der Waals surface area contributed by atoms with E-state index in [1.165, 1.54) is 17.3 Å². The molecule has 164 valence electrons. The van der Waals surface area contributed by atoms with E-state index in [0.29, 0.717) is 12.4 Å². The Morgan fingerprint density at radius 3 is 2.84 bits per heavy atom. The van der Waals surface area contributed by atoms with Crippen molar-refractivity contribution in [3.05, 3.63) is 65.3 Å². The smallest absolute Gasteiger partial charge is 0.231 e. The van der Waals surface area contributed by atoms with Crippen molar-refractivity contribution in [3.63, 3.8) is 0 Å². The van der Waals surface area contributed by atoms with Gasteiger partial charge in [-0.25, -0.2) is 9.97 Å². The number of nitrogens with zero attached hydrogens (tertiary/aromatic N) is 2. The lowest BCUT2D eigenvalue weighted by Crippen LogP contribution is -2.18. The van der Waals surface area contributed by atoms with Crippen molar-refractivity contribution in [2.45, 2.75) is 24.7 Å². The van der Waals surface area contributed by atoms with Crippen LogP contribution in [-0.4, -0.2) is 40.3 Å². The van der Waals surface area contributed by atoms with E-state index in [0.717, 1.165) is 43.4 Å². The number of aliphatic hydroxyl groups is 1. The average Bonchev–Trinajstić information content (AvgIpc) is 3.45. The molecule has 0 unspecified atom stereocenters. The van der Waals surface area contributed by atoms with Crippen LogP contribution in [0.1, 0.15) is 11.1 Å². The van der Waals surface area contributed by atoms with E-state index in [4.69, 9.17) is 14.2 Å². The van der Waals surface area contributed by atoms with Gasteiger partial charge in [0.05, 0.1) is 24.7 Å². The van der Waals surface area contributed by atoms with Crippen LogP contribution in [0.2, 0.25) is 0 Å². The van der Waals surface area contributed by atoms with E-state index in [1.54, 1.807) is 17.7 Å². The molecule has 0 fully saturated rings. The zero-order chi connectivity index (χ0) is 21.9. The summed E-state index contributed by atoms with van der Waals surface area (Å²) in [5, 5.41) is 14.5. The Bertz CT molecular complexity index is 1230. The Balaban J connectivity index is 1.21. The molecule has 6 nitrogen and oxygen atoms in total. The van der Waals surface area contributed by atoms with Gasteiger partial charge in [-0.1, -0.05) is 35.9 Å². The Morgan fingerprint density at radius 2 is 1.97 bits per heavy atom. The maximum absolute atomic E-state index is 10.5. The summed E-state index contributed by atoms with van der Waals surface area (Å²) in [7, 11) is 0. The highest BCUT2D eigenvalue weighted by molar-refractivity contribution is 7.99. The first kappa shape index (κ1) is 21.2. The van der Waals surface area contributed by atoms with Crippen molar-refractivity contribution in [1.82, 2.24) is 9.97 Å². The number of fused-ring (bicyclic) bond motifs is 2. The summed E-state index contributed by atoms with van der Waals surface area (Å²) >= 11 is 3.14. The average molecular weight is 467 g/mol. The zero-order valence-corrected chi connectivity index (χ0v) is 19.1. The number of aliphatic hydroxyl groups excluding tert-OH is 1. The van der Waals surface area contributed by atoms with Crippen LogP contribution in [0.25, 0.3) is 21.3 Å². The van der Waals surface area contributed by atoms with Crippen LogP contribution in [-0.2, 0) is 11.3 Å². The Hall–Kier alpha value is -2.65. The third kappa shape index (κ3) is 4.59. The van der Waals surface area contributed by atoms with Crippen molar-refractivity contribution in [1.29, 1.82) is 0 Å².